The summed E-state index contributed by atoms with van der Waals surface area (Å²) in [6, 6.07) is 15.7. The maximum absolute atomic E-state index is 12.2. The number of anilines is 1. The summed E-state index contributed by atoms with van der Waals surface area (Å²) < 4.78 is 8.99. The van der Waals surface area contributed by atoms with Gasteiger partial charge < -0.3 is 14.6 Å². The number of nitrogens with zero attached hydrogens (tertiary/aromatic N) is 3. The third-order valence-corrected chi connectivity index (χ3v) is 6.08. The number of aromatic nitrogens is 3. The van der Waals surface area contributed by atoms with Crippen molar-refractivity contribution < 1.29 is 9.53 Å². The Bertz CT molecular complexity index is 958. The number of thioether (sulfide) groups is 1. The highest BCUT2D eigenvalue weighted by molar-refractivity contribution is 14.1. The molecule has 8 heteroatoms. The fourth-order valence-corrected chi connectivity index (χ4v) is 3.80. The number of rotatable bonds is 8. The summed E-state index contributed by atoms with van der Waals surface area (Å²) in [5.74, 6) is 1.68. The van der Waals surface area contributed by atoms with E-state index >= 15 is 0 Å². The SMILES string of the molecule is CCc1ccc(OC(C)c2nnc(SCC(=O)Nc3ccc(I)cc3)n2C)cc1. The van der Waals surface area contributed by atoms with Gasteiger partial charge in [-0.2, -0.15) is 0 Å². The summed E-state index contributed by atoms with van der Waals surface area (Å²) in [5.41, 5.74) is 2.05. The highest BCUT2D eigenvalue weighted by Crippen LogP contribution is 2.24. The molecule has 1 unspecified atom stereocenters. The molecule has 0 bridgehead atoms. The van der Waals surface area contributed by atoms with Crippen molar-refractivity contribution >= 4 is 45.9 Å². The van der Waals surface area contributed by atoms with Crippen LogP contribution < -0.4 is 10.1 Å². The molecule has 152 valence electrons. The molecule has 2 aromatic carbocycles. The summed E-state index contributed by atoms with van der Waals surface area (Å²) in [5, 5.41) is 12.0. The van der Waals surface area contributed by atoms with E-state index in [1.54, 1.807) is 0 Å². The number of nitrogens with one attached hydrogen (secondary N) is 1. The van der Waals surface area contributed by atoms with Crippen LogP contribution in [0.15, 0.2) is 53.7 Å². The zero-order valence-corrected chi connectivity index (χ0v) is 19.5. The van der Waals surface area contributed by atoms with Gasteiger partial charge in [0.25, 0.3) is 0 Å². The van der Waals surface area contributed by atoms with Crippen LogP contribution in [0, 0.1) is 3.57 Å². The van der Waals surface area contributed by atoms with Crippen molar-refractivity contribution in [3.8, 4) is 5.75 Å². The Balaban J connectivity index is 1.56. The van der Waals surface area contributed by atoms with Crippen LogP contribution in [0.1, 0.15) is 31.3 Å². The normalized spacial score (nSPS) is 11.9. The highest BCUT2D eigenvalue weighted by Gasteiger charge is 2.18. The van der Waals surface area contributed by atoms with E-state index in [0.29, 0.717) is 11.0 Å². The largest absolute Gasteiger partial charge is 0.483 e. The van der Waals surface area contributed by atoms with Crippen molar-refractivity contribution in [1.29, 1.82) is 0 Å². The lowest BCUT2D eigenvalue weighted by molar-refractivity contribution is -0.113. The van der Waals surface area contributed by atoms with E-state index in [1.807, 2.05) is 54.9 Å². The van der Waals surface area contributed by atoms with Crippen LogP contribution in [-0.4, -0.2) is 26.4 Å². The zero-order valence-electron chi connectivity index (χ0n) is 16.6. The van der Waals surface area contributed by atoms with Crippen LogP contribution in [0.2, 0.25) is 0 Å². The van der Waals surface area contributed by atoms with Gasteiger partial charge in [-0.1, -0.05) is 30.8 Å². The Labute approximate surface area is 188 Å². The van der Waals surface area contributed by atoms with E-state index < -0.39 is 0 Å². The topological polar surface area (TPSA) is 69.0 Å². The number of benzene rings is 2. The monoisotopic (exact) mass is 522 g/mol. The smallest absolute Gasteiger partial charge is 0.234 e. The molecule has 6 nitrogen and oxygen atoms in total. The van der Waals surface area contributed by atoms with E-state index in [0.717, 1.165) is 21.4 Å². The average molecular weight is 522 g/mol. The number of hydrogen-bond donors (Lipinski definition) is 1. The molecule has 1 N–H and O–H groups in total. The van der Waals surface area contributed by atoms with Crippen LogP contribution in [0.5, 0.6) is 5.75 Å². The van der Waals surface area contributed by atoms with E-state index in [2.05, 4.69) is 57.2 Å². The summed E-state index contributed by atoms with van der Waals surface area (Å²) in [6.07, 6.45) is 0.742. The van der Waals surface area contributed by atoms with Crippen molar-refractivity contribution in [2.45, 2.75) is 31.5 Å². The Kier molecular flexibility index (Phi) is 7.54. The second-order valence-corrected chi connectivity index (χ2v) is 8.69. The van der Waals surface area contributed by atoms with Crippen LogP contribution in [-0.2, 0) is 18.3 Å². The van der Waals surface area contributed by atoms with Gasteiger partial charge in [-0.05, 0) is 77.9 Å². The fraction of sp³-hybridized carbons (Fsp3) is 0.286. The van der Waals surface area contributed by atoms with Crippen molar-refractivity contribution in [3.63, 3.8) is 0 Å². The van der Waals surface area contributed by atoms with Crippen LogP contribution in [0.4, 0.5) is 5.69 Å². The quantitative estimate of drug-likeness (QED) is 0.338. The number of ether oxygens (including phenoxy) is 1. The maximum Gasteiger partial charge on any atom is 0.234 e. The number of hydrogen-bond acceptors (Lipinski definition) is 5. The van der Waals surface area contributed by atoms with Crippen LogP contribution in [0.25, 0.3) is 0 Å². The molecule has 1 amide bonds. The van der Waals surface area contributed by atoms with E-state index in [-0.39, 0.29) is 17.8 Å². The van der Waals surface area contributed by atoms with E-state index in [9.17, 15) is 4.79 Å². The summed E-state index contributed by atoms with van der Waals surface area (Å²) in [4.78, 5) is 12.2. The number of aryl methyl sites for hydroxylation is 1. The molecular formula is C21H23IN4O2S. The molecule has 1 aromatic heterocycles. The predicted molar refractivity (Wildman–Crippen MR) is 124 cm³/mol. The summed E-state index contributed by atoms with van der Waals surface area (Å²) in [7, 11) is 1.88. The molecule has 29 heavy (non-hydrogen) atoms. The summed E-state index contributed by atoms with van der Waals surface area (Å²) >= 11 is 3.58. The first-order valence-electron chi connectivity index (χ1n) is 9.29. The third kappa shape index (κ3) is 5.96. The first-order chi connectivity index (χ1) is 14.0. The standard InChI is InChI=1S/C21H23IN4O2S/c1-4-15-5-11-18(12-6-15)28-14(2)20-24-25-21(26(20)3)29-13-19(27)23-17-9-7-16(22)8-10-17/h5-12,14H,4,13H2,1-3H3,(H,23,27). The minimum atomic E-state index is -0.255. The number of halogens is 1. The van der Waals surface area contributed by atoms with Crippen LogP contribution >= 0.6 is 34.4 Å². The molecule has 3 rings (SSSR count). The van der Waals surface area contributed by atoms with E-state index in [1.165, 1.54) is 17.3 Å². The lowest BCUT2D eigenvalue weighted by atomic mass is 10.2. The Morgan fingerprint density at radius 3 is 2.52 bits per heavy atom. The molecule has 0 radical (unpaired) electrons. The fourth-order valence-electron chi connectivity index (χ4n) is 2.73. The van der Waals surface area contributed by atoms with Gasteiger partial charge in [0.2, 0.25) is 5.91 Å². The second kappa shape index (κ2) is 10.1. The number of amides is 1. The second-order valence-electron chi connectivity index (χ2n) is 6.50. The Hall–Kier alpha value is -2.07. The van der Waals surface area contributed by atoms with Crippen molar-refractivity contribution in [2.75, 3.05) is 11.1 Å². The van der Waals surface area contributed by atoms with Gasteiger partial charge in [-0.15, -0.1) is 10.2 Å². The first-order valence-corrected chi connectivity index (χ1v) is 11.4. The average Bonchev–Trinajstić information content (AvgIpc) is 3.09. The Morgan fingerprint density at radius 1 is 1.17 bits per heavy atom. The predicted octanol–water partition coefficient (Wildman–Crippen LogP) is 4.85. The molecule has 0 saturated heterocycles. The first kappa shape index (κ1) is 21.6. The van der Waals surface area contributed by atoms with Gasteiger partial charge in [-0.3, -0.25) is 4.79 Å². The molecular weight excluding hydrogens is 499 g/mol. The molecule has 1 heterocycles. The molecule has 0 aliphatic heterocycles. The van der Waals surface area contributed by atoms with E-state index in [4.69, 9.17) is 4.74 Å². The highest BCUT2D eigenvalue weighted by atomic mass is 127. The minimum Gasteiger partial charge on any atom is -0.483 e. The van der Waals surface area contributed by atoms with Crippen molar-refractivity contribution in [3.05, 3.63) is 63.5 Å². The van der Waals surface area contributed by atoms with Gasteiger partial charge in [0.15, 0.2) is 17.1 Å². The van der Waals surface area contributed by atoms with Crippen molar-refractivity contribution in [2.24, 2.45) is 7.05 Å². The Morgan fingerprint density at radius 2 is 1.86 bits per heavy atom. The molecule has 0 aliphatic carbocycles. The number of carbonyl (C=O) groups excluding carboxylic acids is 1. The zero-order chi connectivity index (χ0) is 20.8. The lowest BCUT2D eigenvalue weighted by Gasteiger charge is -2.14. The molecule has 0 saturated carbocycles. The maximum atomic E-state index is 12.2. The van der Waals surface area contributed by atoms with Gasteiger partial charge in [0, 0.05) is 16.3 Å². The van der Waals surface area contributed by atoms with Gasteiger partial charge >= 0.3 is 0 Å². The van der Waals surface area contributed by atoms with Gasteiger partial charge in [0.05, 0.1) is 5.75 Å². The van der Waals surface area contributed by atoms with Crippen molar-refractivity contribution in [1.82, 2.24) is 14.8 Å². The minimum absolute atomic E-state index is 0.0823. The number of carbonyl (C=O) groups is 1. The third-order valence-electron chi connectivity index (χ3n) is 4.34. The molecule has 0 aliphatic rings. The molecule has 3 aromatic rings. The lowest BCUT2D eigenvalue weighted by Crippen LogP contribution is -2.14. The summed E-state index contributed by atoms with van der Waals surface area (Å²) in [6.45, 7) is 4.06. The van der Waals surface area contributed by atoms with Gasteiger partial charge in [-0.25, -0.2) is 0 Å². The van der Waals surface area contributed by atoms with Crippen LogP contribution in [0.3, 0.4) is 0 Å². The molecule has 1 atom stereocenters. The van der Waals surface area contributed by atoms with Gasteiger partial charge in [0.1, 0.15) is 5.75 Å². The molecule has 0 fully saturated rings. The molecule has 0 spiro atoms.